The molecule has 0 aromatic heterocycles. The number of allylic oxidation sites excluding steroid dienone is 4. The molecule has 0 N–H and O–H groups in total. The molecule has 0 heterocycles. The van der Waals surface area contributed by atoms with Crippen LogP contribution in [0.5, 0.6) is 0 Å². The minimum atomic E-state index is -1.51. The summed E-state index contributed by atoms with van der Waals surface area (Å²) in [5.74, 6) is 0. The molecule has 0 radical (unpaired) electrons. The molecule has 138 valence electrons. The molecule has 1 rings (SSSR count). The third-order valence-electron chi connectivity index (χ3n) is 6.08. The van der Waals surface area contributed by atoms with Crippen LogP contribution in [-0.4, -0.2) is 24.2 Å². The van der Waals surface area contributed by atoms with E-state index in [1.54, 1.807) is 24.3 Å². The van der Waals surface area contributed by atoms with Crippen molar-refractivity contribution in [2.75, 3.05) is 0 Å². The summed E-state index contributed by atoms with van der Waals surface area (Å²) in [5.41, 5.74) is 5.12. The molecule has 0 aliphatic heterocycles. The van der Waals surface area contributed by atoms with Gasteiger partial charge in [-0.1, -0.05) is 0 Å². The standard InChI is InChI=1S/C12H21Si.2C4H11Si.Sc/c1-8-9(2)11(4)12(10(8)3)13(5,6)7;2*1-5(2,3)4;/h1-7H3;2*1H2,2-4H3;. The van der Waals surface area contributed by atoms with E-state index >= 15 is 0 Å². The van der Waals surface area contributed by atoms with E-state index in [-0.39, 0.29) is 0 Å². The zero-order valence-electron chi connectivity index (χ0n) is 19.0. The topological polar surface area (TPSA) is 0 Å². The van der Waals surface area contributed by atoms with Gasteiger partial charge >= 0.3 is 165 Å². The van der Waals surface area contributed by atoms with Gasteiger partial charge < -0.3 is 0 Å². The van der Waals surface area contributed by atoms with Crippen LogP contribution in [0.15, 0.2) is 21.9 Å². The van der Waals surface area contributed by atoms with Gasteiger partial charge in [-0.3, -0.25) is 0 Å². The number of rotatable bonds is 6. The molecular weight excluding hydrogens is 369 g/mol. The Bertz CT molecular complexity index is 537. The minimum absolute atomic E-state index is 0.506. The number of hydrogen-bond acceptors (Lipinski definition) is 0. The van der Waals surface area contributed by atoms with Crippen LogP contribution in [0.2, 0.25) is 69.7 Å². The van der Waals surface area contributed by atoms with Crippen LogP contribution in [-0.2, 0) is 21.4 Å². The van der Waals surface area contributed by atoms with E-state index in [9.17, 15) is 0 Å². The Balaban J connectivity index is 3.57. The fourth-order valence-electron chi connectivity index (χ4n) is 5.25. The van der Waals surface area contributed by atoms with Crippen molar-refractivity contribution in [3.05, 3.63) is 21.9 Å². The Morgan fingerprint density at radius 1 is 0.708 bits per heavy atom. The summed E-state index contributed by atoms with van der Waals surface area (Å²) in [5, 5.41) is 1.95. The molecule has 0 aromatic carbocycles. The van der Waals surface area contributed by atoms with Gasteiger partial charge in [0.1, 0.15) is 0 Å². The molecule has 0 nitrogen and oxygen atoms in total. The monoisotopic (exact) mass is 412 g/mol. The van der Waals surface area contributed by atoms with Crippen LogP contribution in [0.25, 0.3) is 0 Å². The molecule has 1 unspecified atom stereocenters. The molecule has 0 saturated carbocycles. The maximum atomic E-state index is 2.71. The van der Waals surface area contributed by atoms with Crippen molar-refractivity contribution in [1.29, 1.82) is 0 Å². The Hall–Kier alpha value is 1.00. The Kier molecular flexibility index (Phi) is 6.91. The zero-order chi connectivity index (χ0) is 19.3. The fourth-order valence-corrected chi connectivity index (χ4v) is 37.5. The van der Waals surface area contributed by atoms with E-state index in [1.165, 1.54) is 0 Å². The maximum absolute atomic E-state index is 2.71. The molecular formula is C20H43ScSi3. The van der Waals surface area contributed by atoms with Crippen molar-refractivity contribution in [3.8, 4) is 0 Å². The first-order chi connectivity index (χ1) is 10.4. The third kappa shape index (κ3) is 5.04. The van der Waals surface area contributed by atoms with Crippen LogP contribution >= 0.6 is 0 Å². The molecule has 1 atom stereocenters. The van der Waals surface area contributed by atoms with E-state index in [0.29, 0.717) is 3.17 Å². The Morgan fingerprint density at radius 3 is 1.38 bits per heavy atom. The van der Waals surface area contributed by atoms with E-state index in [2.05, 4.69) is 86.6 Å². The van der Waals surface area contributed by atoms with Crippen molar-refractivity contribution in [3.63, 3.8) is 0 Å². The average molecular weight is 413 g/mol. The van der Waals surface area contributed by atoms with Gasteiger partial charge in [-0.15, -0.1) is 0 Å². The van der Waals surface area contributed by atoms with Gasteiger partial charge in [0.05, 0.1) is 0 Å². The van der Waals surface area contributed by atoms with Crippen molar-refractivity contribution in [1.82, 2.24) is 0 Å². The molecule has 0 fully saturated rings. The first-order valence-corrected chi connectivity index (χ1v) is 24.2. The van der Waals surface area contributed by atoms with Gasteiger partial charge in [0.2, 0.25) is 0 Å². The summed E-state index contributed by atoms with van der Waals surface area (Å²) >= 11 is -1.51. The van der Waals surface area contributed by atoms with Crippen LogP contribution in [0, 0.1) is 0 Å². The summed E-state index contributed by atoms with van der Waals surface area (Å²) in [6.07, 6.45) is 0. The van der Waals surface area contributed by atoms with E-state index in [0.717, 1.165) is 0 Å². The van der Waals surface area contributed by atoms with Crippen molar-refractivity contribution >= 4 is 24.2 Å². The van der Waals surface area contributed by atoms with E-state index in [1.807, 2.05) is 5.20 Å². The SMILES string of the molecule is CC1=C(C)[C](C)([Sc]([CH2][Si](C)(C)C)[CH2][Si](C)(C)C)C([Si](C)(C)C)=C1C. The second-order valence-electron chi connectivity index (χ2n) is 11.9. The Labute approximate surface area is 164 Å². The molecule has 1 aliphatic carbocycles. The molecule has 4 heteroatoms. The third-order valence-corrected chi connectivity index (χ3v) is 32.1. The molecule has 0 spiro atoms. The van der Waals surface area contributed by atoms with Crippen LogP contribution in [0.1, 0.15) is 27.7 Å². The molecule has 1 aliphatic rings. The molecule has 24 heavy (non-hydrogen) atoms. The van der Waals surface area contributed by atoms with Crippen LogP contribution in [0.4, 0.5) is 0 Å². The quantitative estimate of drug-likeness (QED) is 0.389. The number of hydrogen-bond donors (Lipinski definition) is 0. The van der Waals surface area contributed by atoms with Gasteiger partial charge in [-0.05, 0) is 0 Å². The van der Waals surface area contributed by atoms with Gasteiger partial charge in [-0.2, -0.15) is 0 Å². The predicted octanol–water partition coefficient (Wildman–Crippen LogP) is 7.92. The summed E-state index contributed by atoms with van der Waals surface area (Å²) in [4.78, 5) is 0. The van der Waals surface area contributed by atoms with Gasteiger partial charge in [0, 0.05) is 0 Å². The fraction of sp³-hybridized carbons (Fsp3) is 0.800. The normalized spacial score (nSPS) is 23.4. The van der Waals surface area contributed by atoms with Gasteiger partial charge in [-0.25, -0.2) is 0 Å². The predicted molar refractivity (Wildman–Crippen MR) is 119 cm³/mol. The Morgan fingerprint density at radius 2 is 1.08 bits per heavy atom. The van der Waals surface area contributed by atoms with E-state index in [4.69, 9.17) is 0 Å². The molecule has 0 bridgehead atoms. The molecule has 0 saturated heterocycles. The molecule has 0 amide bonds. The summed E-state index contributed by atoms with van der Waals surface area (Å²) in [6, 6.07) is 0. The first kappa shape index (κ1) is 23.0. The van der Waals surface area contributed by atoms with Gasteiger partial charge in [0.15, 0.2) is 0 Å². The van der Waals surface area contributed by atoms with Crippen molar-refractivity contribution in [2.45, 2.75) is 97.4 Å². The van der Waals surface area contributed by atoms with Gasteiger partial charge in [0.25, 0.3) is 0 Å². The van der Waals surface area contributed by atoms with Crippen molar-refractivity contribution < 1.29 is 21.4 Å². The summed E-state index contributed by atoms with van der Waals surface area (Å²) in [7, 11) is -3.35. The van der Waals surface area contributed by atoms with E-state index < -0.39 is 45.7 Å². The second kappa shape index (κ2) is 7.20. The van der Waals surface area contributed by atoms with Crippen LogP contribution < -0.4 is 0 Å². The summed E-state index contributed by atoms with van der Waals surface area (Å²) in [6.45, 7) is 33.5. The molecule has 0 aromatic rings. The zero-order valence-corrected chi connectivity index (χ0v) is 23.8. The van der Waals surface area contributed by atoms with Crippen molar-refractivity contribution in [2.24, 2.45) is 0 Å². The van der Waals surface area contributed by atoms with Crippen LogP contribution in [0.3, 0.4) is 0 Å². The first-order valence-electron chi connectivity index (χ1n) is 9.81. The average Bonchev–Trinajstić information content (AvgIpc) is 2.46. The second-order valence-corrected chi connectivity index (χ2v) is 35.8. The summed E-state index contributed by atoms with van der Waals surface area (Å²) < 4.78 is 3.82.